The quantitative estimate of drug-likeness (QED) is 0.630. The molecular weight excluding hydrogens is 272 g/mol. The highest BCUT2D eigenvalue weighted by molar-refractivity contribution is 7.16. The van der Waals surface area contributed by atoms with Crippen molar-refractivity contribution < 1.29 is 14.3 Å². The summed E-state index contributed by atoms with van der Waals surface area (Å²) in [5, 5.41) is 0. The predicted octanol–water partition coefficient (Wildman–Crippen LogP) is 4.00. The monoisotopic (exact) mass is 288 g/mol. The van der Waals surface area contributed by atoms with Crippen molar-refractivity contribution in [2.45, 2.75) is 6.92 Å². The molecule has 0 saturated heterocycles. The fraction of sp³-hybridized carbons (Fsp3) is 0.188. The molecule has 0 aliphatic carbocycles. The van der Waals surface area contributed by atoms with Gasteiger partial charge in [0.2, 0.25) is 0 Å². The molecule has 20 heavy (non-hydrogen) atoms. The van der Waals surface area contributed by atoms with E-state index in [4.69, 9.17) is 4.74 Å². The Bertz CT molecular complexity index is 641. The number of esters is 1. The second-order valence-corrected chi connectivity index (χ2v) is 5.33. The summed E-state index contributed by atoms with van der Waals surface area (Å²) in [5.41, 5.74) is 2.00. The predicted molar refractivity (Wildman–Crippen MR) is 82.0 cm³/mol. The Morgan fingerprint density at radius 3 is 2.70 bits per heavy atom. The molecule has 0 amide bonds. The van der Waals surface area contributed by atoms with E-state index in [0.29, 0.717) is 0 Å². The first kappa shape index (κ1) is 14.3. The Labute approximate surface area is 122 Å². The van der Waals surface area contributed by atoms with E-state index in [-0.39, 0.29) is 5.97 Å². The molecule has 1 aromatic carbocycles. The molecule has 1 aromatic heterocycles. The molecule has 0 spiro atoms. The van der Waals surface area contributed by atoms with Crippen LogP contribution in [0.15, 0.2) is 42.5 Å². The van der Waals surface area contributed by atoms with E-state index in [9.17, 15) is 4.79 Å². The molecular formula is C16H16O3S. The zero-order valence-corrected chi connectivity index (χ0v) is 12.5. The van der Waals surface area contributed by atoms with Crippen LogP contribution in [0, 0.1) is 0 Å². The molecule has 0 unspecified atom stereocenters. The van der Waals surface area contributed by atoms with Gasteiger partial charge in [-0.25, -0.2) is 4.79 Å². The van der Waals surface area contributed by atoms with Crippen molar-refractivity contribution in [3.05, 3.63) is 47.4 Å². The number of methoxy groups -OCH3 is 2. The molecule has 0 fully saturated rings. The second kappa shape index (κ2) is 6.39. The van der Waals surface area contributed by atoms with Gasteiger partial charge in [0.25, 0.3) is 0 Å². The summed E-state index contributed by atoms with van der Waals surface area (Å²) in [4.78, 5) is 13.4. The molecule has 0 aliphatic heterocycles. The van der Waals surface area contributed by atoms with Gasteiger partial charge >= 0.3 is 5.97 Å². The third kappa shape index (κ3) is 3.27. The summed E-state index contributed by atoms with van der Waals surface area (Å²) in [6.07, 6.45) is 1.50. The number of ether oxygens (including phenoxy) is 2. The van der Waals surface area contributed by atoms with Crippen molar-refractivity contribution in [2.75, 3.05) is 14.2 Å². The van der Waals surface area contributed by atoms with E-state index in [1.54, 1.807) is 18.4 Å². The molecule has 0 saturated carbocycles. The highest BCUT2D eigenvalue weighted by Gasteiger charge is 2.06. The summed E-state index contributed by atoms with van der Waals surface area (Å²) in [7, 11) is 3.03. The lowest BCUT2D eigenvalue weighted by Crippen LogP contribution is -1.94. The number of carbonyl (C=O) groups excluding carboxylic acids is 1. The third-order valence-electron chi connectivity index (χ3n) is 2.88. The van der Waals surface area contributed by atoms with Crippen LogP contribution in [0.3, 0.4) is 0 Å². The normalized spacial score (nSPS) is 11.2. The van der Waals surface area contributed by atoms with E-state index in [2.05, 4.69) is 4.74 Å². The summed E-state index contributed by atoms with van der Waals surface area (Å²) in [6.45, 7) is 1.90. The summed E-state index contributed by atoms with van der Waals surface area (Å²) in [5.74, 6) is 0.498. The lowest BCUT2D eigenvalue weighted by atomic mass is 10.2. The first-order chi connectivity index (χ1) is 9.63. The number of hydrogen-bond acceptors (Lipinski definition) is 4. The van der Waals surface area contributed by atoms with Crippen LogP contribution in [0.4, 0.5) is 0 Å². The molecule has 0 atom stereocenters. The van der Waals surface area contributed by atoms with Crippen molar-refractivity contribution in [3.63, 3.8) is 0 Å². The van der Waals surface area contributed by atoms with Crippen LogP contribution in [0.5, 0.6) is 5.75 Å². The van der Waals surface area contributed by atoms with E-state index in [1.165, 1.54) is 13.2 Å². The van der Waals surface area contributed by atoms with Crippen LogP contribution in [-0.4, -0.2) is 20.2 Å². The molecule has 2 rings (SSSR count). The number of thiophene rings is 1. The smallest absolute Gasteiger partial charge is 0.330 e. The van der Waals surface area contributed by atoms with Crippen molar-refractivity contribution in [2.24, 2.45) is 0 Å². The van der Waals surface area contributed by atoms with Gasteiger partial charge in [-0.3, -0.25) is 0 Å². The molecule has 0 radical (unpaired) electrons. The minimum atomic E-state index is -0.334. The Morgan fingerprint density at radius 1 is 1.20 bits per heavy atom. The number of benzene rings is 1. The first-order valence-electron chi connectivity index (χ1n) is 6.15. The van der Waals surface area contributed by atoms with Gasteiger partial charge in [0.15, 0.2) is 0 Å². The van der Waals surface area contributed by atoms with Gasteiger partial charge in [0, 0.05) is 15.8 Å². The van der Waals surface area contributed by atoms with E-state index >= 15 is 0 Å². The minimum Gasteiger partial charge on any atom is -0.497 e. The van der Waals surface area contributed by atoms with Gasteiger partial charge in [-0.15, -0.1) is 11.3 Å². The van der Waals surface area contributed by atoms with Crippen molar-refractivity contribution in [1.82, 2.24) is 0 Å². The largest absolute Gasteiger partial charge is 0.497 e. The highest BCUT2D eigenvalue weighted by Crippen LogP contribution is 2.33. The van der Waals surface area contributed by atoms with Gasteiger partial charge in [-0.2, -0.15) is 0 Å². The van der Waals surface area contributed by atoms with Gasteiger partial charge in [-0.1, -0.05) is 12.1 Å². The number of hydrogen-bond donors (Lipinski definition) is 0. The number of allylic oxidation sites excluding steroid dienone is 1. The lowest BCUT2D eigenvalue weighted by molar-refractivity contribution is -0.134. The Hall–Kier alpha value is -2.07. The maximum atomic E-state index is 11.2. The van der Waals surface area contributed by atoms with Gasteiger partial charge in [-0.05, 0) is 42.3 Å². The minimum absolute atomic E-state index is 0.334. The van der Waals surface area contributed by atoms with Crippen molar-refractivity contribution in [1.29, 1.82) is 0 Å². The Kier molecular flexibility index (Phi) is 4.58. The maximum Gasteiger partial charge on any atom is 0.330 e. The molecule has 1 heterocycles. The molecule has 4 heteroatoms. The van der Waals surface area contributed by atoms with Crippen LogP contribution in [0.25, 0.3) is 16.0 Å². The molecule has 2 aromatic rings. The van der Waals surface area contributed by atoms with Crippen LogP contribution in [-0.2, 0) is 9.53 Å². The zero-order chi connectivity index (χ0) is 14.5. The third-order valence-corrected chi connectivity index (χ3v) is 4.15. The van der Waals surface area contributed by atoms with Crippen LogP contribution in [0.1, 0.15) is 11.8 Å². The average molecular weight is 288 g/mol. The fourth-order valence-electron chi connectivity index (χ4n) is 1.79. The van der Waals surface area contributed by atoms with Gasteiger partial charge in [0.05, 0.1) is 14.2 Å². The molecule has 3 nitrogen and oxygen atoms in total. The lowest BCUT2D eigenvalue weighted by Gasteiger charge is -2.02. The Morgan fingerprint density at radius 2 is 2.00 bits per heavy atom. The van der Waals surface area contributed by atoms with Crippen LogP contribution < -0.4 is 4.74 Å². The van der Waals surface area contributed by atoms with E-state index in [1.807, 2.05) is 43.3 Å². The van der Waals surface area contributed by atoms with Crippen LogP contribution >= 0.6 is 11.3 Å². The summed E-state index contributed by atoms with van der Waals surface area (Å²) < 4.78 is 9.87. The van der Waals surface area contributed by atoms with Crippen molar-refractivity contribution >= 4 is 22.9 Å². The van der Waals surface area contributed by atoms with Crippen molar-refractivity contribution in [3.8, 4) is 16.2 Å². The first-order valence-corrected chi connectivity index (χ1v) is 6.96. The maximum absolute atomic E-state index is 11.2. The molecule has 0 N–H and O–H groups in total. The highest BCUT2D eigenvalue weighted by atomic mass is 32.1. The summed E-state index contributed by atoms with van der Waals surface area (Å²) in [6, 6.07) is 12.0. The number of rotatable bonds is 4. The van der Waals surface area contributed by atoms with E-state index < -0.39 is 0 Å². The molecule has 104 valence electrons. The van der Waals surface area contributed by atoms with Gasteiger partial charge < -0.3 is 9.47 Å². The fourth-order valence-corrected chi connectivity index (χ4v) is 2.76. The SMILES string of the molecule is COC(=O)/C=C(\C)c1ccc(-c2cccc(OC)c2)s1. The molecule has 0 bridgehead atoms. The van der Waals surface area contributed by atoms with E-state index in [0.717, 1.165) is 26.6 Å². The standard InChI is InChI=1S/C16H16O3S/c1-11(9-16(17)19-3)14-7-8-15(20-14)12-5-4-6-13(10-12)18-2/h4-10H,1-3H3/b11-9+. The second-order valence-electron chi connectivity index (χ2n) is 4.25. The number of carbonyl (C=O) groups is 1. The topological polar surface area (TPSA) is 35.5 Å². The zero-order valence-electron chi connectivity index (χ0n) is 11.7. The average Bonchev–Trinajstić information content (AvgIpc) is 2.97. The summed E-state index contributed by atoms with van der Waals surface area (Å²) >= 11 is 1.63. The van der Waals surface area contributed by atoms with Crippen LogP contribution in [0.2, 0.25) is 0 Å². The Balaban J connectivity index is 2.28. The molecule has 0 aliphatic rings. The van der Waals surface area contributed by atoms with Gasteiger partial charge in [0.1, 0.15) is 5.75 Å².